The highest BCUT2D eigenvalue weighted by Crippen LogP contribution is 2.20. The van der Waals surface area contributed by atoms with Crippen molar-refractivity contribution in [3.63, 3.8) is 0 Å². The molecule has 0 unspecified atom stereocenters. The topological polar surface area (TPSA) is 351 Å². The van der Waals surface area contributed by atoms with Gasteiger partial charge in [-0.15, -0.1) is 0 Å². The van der Waals surface area contributed by atoms with E-state index in [-0.39, 0.29) is 115 Å². The molecule has 0 radical (unpaired) electrons. The van der Waals surface area contributed by atoms with E-state index in [1.807, 2.05) is 45.9 Å². The van der Waals surface area contributed by atoms with Crippen LogP contribution in [0.3, 0.4) is 0 Å². The fourth-order valence-corrected chi connectivity index (χ4v) is 8.58. The van der Waals surface area contributed by atoms with Crippen molar-refractivity contribution in [3.05, 3.63) is 66.2 Å². The molecule has 410 valence electrons. The molecule has 0 aromatic heterocycles. The number of carbonyl (C=O) groups is 9. The van der Waals surface area contributed by atoms with Crippen molar-refractivity contribution in [3.8, 4) is 5.75 Å². The first-order chi connectivity index (χ1) is 35.4. The maximum atomic E-state index is 14.5. The molecule has 1 saturated heterocycles. The van der Waals surface area contributed by atoms with Crippen LogP contribution in [0.2, 0.25) is 0 Å². The maximum absolute atomic E-state index is 14.5. The van der Waals surface area contributed by atoms with Crippen molar-refractivity contribution >= 4 is 52.9 Å². The molecule has 2 aromatic carbocycles. The Morgan fingerprint density at radius 1 is 0.608 bits per heavy atom. The summed E-state index contributed by atoms with van der Waals surface area (Å²) in [5.41, 5.74) is 24.4. The minimum Gasteiger partial charge on any atom is -0.494 e. The van der Waals surface area contributed by atoms with Crippen LogP contribution in [-0.2, 0) is 49.6 Å². The minimum absolute atomic E-state index is 0.0292. The van der Waals surface area contributed by atoms with Gasteiger partial charge < -0.3 is 64.9 Å². The molecule has 0 spiro atoms. The van der Waals surface area contributed by atoms with Crippen LogP contribution in [0.5, 0.6) is 5.75 Å². The van der Waals surface area contributed by atoms with E-state index in [9.17, 15) is 43.2 Å². The molecule has 0 bridgehead atoms. The van der Waals surface area contributed by atoms with Gasteiger partial charge in [-0.3, -0.25) is 43.2 Å². The fraction of sp³-hybridized carbons (Fsp3) is 0.604. The summed E-state index contributed by atoms with van der Waals surface area (Å²) in [6.45, 7) is 7.40. The van der Waals surface area contributed by atoms with E-state index in [4.69, 9.17) is 27.7 Å². The van der Waals surface area contributed by atoms with Gasteiger partial charge in [-0.2, -0.15) is 0 Å². The number of Topliss-reactive ketones (excluding diaryl/α,β-unsaturated/α-hetero) is 2. The lowest BCUT2D eigenvalue weighted by atomic mass is 9.89. The molecule has 1 fully saturated rings. The molecule has 1 aliphatic heterocycles. The SMILES string of the molecule is CC(C)C[C@@H]1NC(=O)[C@@H](Cc2ccccc2)CC(=O)[C@H](CCN)NC(=O)[C@@H](CC(=O)[C@@H](CCN)NC(=O)CCCOc2ccccc2)CCNC(=O)[C@H](CC(C)C)NC(=O)[C@H](CCN)NC(=O)[C@H](CCN)NC1=O. The second kappa shape index (κ2) is 33.5. The first kappa shape index (κ1) is 62.0. The average molecular weight is 1030 g/mol. The first-order valence-corrected chi connectivity index (χ1v) is 26.1. The number of nitrogens with one attached hydrogen (secondary N) is 7. The third kappa shape index (κ3) is 22.4. The standard InChI is InChI=1S/C53H83N11O10/c1-33(2)28-43-50(70)58-26-21-36(31-45(65)39(17-22-54)59-47(67)16-11-27-74-38-14-9-6-10-15-38)48(68)60-40(18-23-55)46(66)32-37(30-35-12-7-5-8-13-35)49(69)63-44(29-34(3)4)53(73)62-41(19-24-56)51(71)61-42(20-25-57)52(72)64-43/h5-10,12-15,33-34,36-37,39-44H,11,16-32,54-57H2,1-4H3,(H,58,70)(H,59,67)(H,60,68)(H,61,71)(H,62,73)(H,63,69)(H,64,72)/t36-,37+,39-,40+,41+,42+,43+,44+/m1/s1. The smallest absolute Gasteiger partial charge is 0.243 e. The number of rotatable bonds is 23. The van der Waals surface area contributed by atoms with Crippen molar-refractivity contribution < 1.29 is 47.9 Å². The molecule has 0 aliphatic carbocycles. The molecule has 74 heavy (non-hydrogen) atoms. The van der Waals surface area contributed by atoms with Gasteiger partial charge in [-0.1, -0.05) is 76.2 Å². The number of ketones is 2. The van der Waals surface area contributed by atoms with Gasteiger partial charge in [0.1, 0.15) is 29.9 Å². The lowest BCUT2D eigenvalue weighted by molar-refractivity contribution is -0.136. The molecule has 2 aromatic rings. The number of para-hydroxylation sites is 1. The van der Waals surface area contributed by atoms with Crippen LogP contribution in [0, 0.1) is 23.7 Å². The normalized spacial score (nSPS) is 22.6. The summed E-state index contributed by atoms with van der Waals surface area (Å²) in [6.07, 6.45) is -0.204. The zero-order chi connectivity index (χ0) is 54.6. The molecule has 0 saturated carbocycles. The predicted molar refractivity (Wildman–Crippen MR) is 280 cm³/mol. The van der Waals surface area contributed by atoms with Gasteiger partial charge in [0, 0.05) is 37.6 Å². The van der Waals surface area contributed by atoms with Crippen LogP contribution in [0.25, 0.3) is 0 Å². The van der Waals surface area contributed by atoms with Gasteiger partial charge in [0.2, 0.25) is 41.4 Å². The summed E-state index contributed by atoms with van der Waals surface area (Å²) in [5, 5.41) is 19.3. The van der Waals surface area contributed by atoms with Gasteiger partial charge in [0.15, 0.2) is 11.6 Å². The molecular formula is C53H83N11O10. The van der Waals surface area contributed by atoms with Crippen molar-refractivity contribution in [2.24, 2.45) is 46.6 Å². The van der Waals surface area contributed by atoms with E-state index in [0.717, 1.165) is 0 Å². The van der Waals surface area contributed by atoms with Crippen LogP contribution >= 0.6 is 0 Å². The molecule has 21 nitrogen and oxygen atoms in total. The van der Waals surface area contributed by atoms with E-state index in [0.29, 0.717) is 17.7 Å². The molecule has 3 rings (SSSR count). The van der Waals surface area contributed by atoms with Gasteiger partial charge in [-0.05, 0) is 113 Å². The number of amides is 7. The molecule has 8 atom stereocenters. The monoisotopic (exact) mass is 1030 g/mol. The average Bonchev–Trinajstić information content (AvgIpc) is 3.35. The van der Waals surface area contributed by atoms with Gasteiger partial charge in [-0.25, -0.2) is 0 Å². The zero-order valence-electron chi connectivity index (χ0n) is 43.7. The summed E-state index contributed by atoms with van der Waals surface area (Å²) in [7, 11) is 0. The highest BCUT2D eigenvalue weighted by atomic mass is 16.5. The Morgan fingerprint density at radius 2 is 1.09 bits per heavy atom. The van der Waals surface area contributed by atoms with Gasteiger partial charge >= 0.3 is 0 Å². The lowest BCUT2D eigenvalue weighted by Crippen LogP contribution is -2.59. The molecule has 1 heterocycles. The highest BCUT2D eigenvalue weighted by molar-refractivity contribution is 5.98. The Hall–Kier alpha value is -6.29. The predicted octanol–water partition coefficient (Wildman–Crippen LogP) is 0.155. The number of hydrogen-bond acceptors (Lipinski definition) is 14. The maximum Gasteiger partial charge on any atom is 0.243 e. The second-order valence-electron chi connectivity index (χ2n) is 19.8. The van der Waals surface area contributed by atoms with E-state index in [1.165, 1.54) is 0 Å². The fourth-order valence-electron chi connectivity index (χ4n) is 8.58. The molecule has 21 heteroatoms. The van der Waals surface area contributed by atoms with Crippen molar-refractivity contribution in [1.82, 2.24) is 37.2 Å². The van der Waals surface area contributed by atoms with Crippen molar-refractivity contribution in [1.29, 1.82) is 0 Å². The third-order valence-electron chi connectivity index (χ3n) is 12.5. The molecule has 1 aliphatic rings. The van der Waals surface area contributed by atoms with Crippen LogP contribution in [-0.4, -0.2) is 128 Å². The minimum atomic E-state index is -1.24. The third-order valence-corrected chi connectivity index (χ3v) is 12.5. The quantitative estimate of drug-likeness (QED) is 0.0661. The van der Waals surface area contributed by atoms with Crippen molar-refractivity contribution in [2.45, 2.75) is 141 Å². The van der Waals surface area contributed by atoms with E-state index >= 15 is 0 Å². The summed E-state index contributed by atoms with van der Waals surface area (Å²) < 4.78 is 5.70. The van der Waals surface area contributed by atoms with E-state index in [1.54, 1.807) is 42.5 Å². The number of ether oxygens (including phenoxy) is 1. The van der Waals surface area contributed by atoms with Crippen LogP contribution < -0.4 is 64.9 Å². The van der Waals surface area contributed by atoms with Crippen molar-refractivity contribution in [2.75, 3.05) is 39.3 Å². The zero-order valence-corrected chi connectivity index (χ0v) is 43.7. The summed E-state index contributed by atoms with van der Waals surface area (Å²) in [6, 6.07) is 11.0. The largest absolute Gasteiger partial charge is 0.494 e. The Balaban J connectivity index is 2.06. The Kier molecular flexibility index (Phi) is 28.1. The Labute approximate surface area is 435 Å². The number of carbonyl (C=O) groups excluding carboxylic acids is 9. The number of hydrogen-bond donors (Lipinski definition) is 11. The van der Waals surface area contributed by atoms with E-state index < -0.39 is 107 Å². The van der Waals surface area contributed by atoms with Crippen LogP contribution in [0.1, 0.15) is 104 Å². The van der Waals surface area contributed by atoms with Crippen LogP contribution in [0.15, 0.2) is 60.7 Å². The molecule has 15 N–H and O–H groups in total. The lowest BCUT2D eigenvalue weighted by Gasteiger charge is -2.28. The van der Waals surface area contributed by atoms with Gasteiger partial charge in [0.25, 0.3) is 0 Å². The summed E-state index contributed by atoms with van der Waals surface area (Å²) >= 11 is 0. The number of benzene rings is 2. The second-order valence-corrected chi connectivity index (χ2v) is 19.8. The van der Waals surface area contributed by atoms with E-state index in [2.05, 4.69) is 37.2 Å². The highest BCUT2D eigenvalue weighted by Gasteiger charge is 2.36. The summed E-state index contributed by atoms with van der Waals surface area (Å²) in [4.78, 5) is 126. The summed E-state index contributed by atoms with van der Waals surface area (Å²) in [5.74, 6) is -7.41. The Morgan fingerprint density at radius 3 is 1.65 bits per heavy atom. The number of nitrogens with two attached hydrogens (primary N) is 4. The first-order valence-electron chi connectivity index (χ1n) is 26.1. The van der Waals surface area contributed by atoms with Crippen LogP contribution in [0.4, 0.5) is 0 Å². The van der Waals surface area contributed by atoms with Gasteiger partial charge in [0.05, 0.1) is 18.7 Å². The Bertz CT molecular complexity index is 2110. The molecular weight excluding hydrogens is 951 g/mol. The molecule has 7 amide bonds.